The van der Waals surface area contributed by atoms with Crippen LogP contribution in [0.2, 0.25) is 0 Å². The lowest BCUT2D eigenvalue weighted by molar-refractivity contribution is -0.120. The normalized spacial score (nSPS) is 18.0. The summed E-state index contributed by atoms with van der Waals surface area (Å²) in [6.45, 7) is 16.3. The van der Waals surface area contributed by atoms with Crippen molar-refractivity contribution in [1.29, 1.82) is 0 Å². The zero-order valence-corrected chi connectivity index (χ0v) is 16.4. The number of nitrogens with zero attached hydrogens (tertiary/aromatic N) is 3. The van der Waals surface area contributed by atoms with E-state index in [4.69, 9.17) is 0 Å². The SMILES string of the molecule is CCN1CCN(CC(C)CNC(=O)Cc2csc(C(C)C)n2)CC1. The molecule has 1 amide bonds. The van der Waals surface area contributed by atoms with Crippen LogP contribution in [0.15, 0.2) is 5.38 Å². The highest BCUT2D eigenvalue weighted by molar-refractivity contribution is 7.09. The summed E-state index contributed by atoms with van der Waals surface area (Å²) < 4.78 is 0. The summed E-state index contributed by atoms with van der Waals surface area (Å²) in [5.41, 5.74) is 0.893. The number of aromatic nitrogens is 1. The van der Waals surface area contributed by atoms with Crippen molar-refractivity contribution in [3.63, 3.8) is 0 Å². The van der Waals surface area contributed by atoms with Crippen LogP contribution >= 0.6 is 11.3 Å². The van der Waals surface area contributed by atoms with Crippen molar-refractivity contribution in [3.8, 4) is 0 Å². The van der Waals surface area contributed by atoms with E-state index in [1.54, 1.807) is 11.3 Å². The highest BCUT2D eigenvalue weighted by Gasteiger charge is 2.18. The minimum absolute atomic E-state index is 0.0817. The fraction of sp³-hybridized carbons (Fsp3) is 0.778. The summed E-state index contributed by atoms with van der Waals surface area (Å²) in [5, 5.41) is 6.18. The molecule has 136 valence electrons. The molecule has 0 bridgehead atoms. The zero-order valence-electron chi connectivity index (χ0n) is 15.5. The molecule has 0 spiro atoms. The highest BCUT2D eigenvalue weighted by atomic mass is 32.1. The van der Waals surface area contributed by atoms with Gasteiger partial charge in [0.2, 0.25) is 5.91 Å². The van der Waals surface area contributed by atoms with Gasteiger partial charge in [0.05, 0.1) is 17.1 Å². The summed E-state index contributed by atoms with van der Waals surface area (Å²) in [5.74, 6) is 0.988. The van der Waals surface area contributed by atoms with Crippen molar-refractivity contribution < 1.29 is 4.79 Å². The molecule has 0 saturated carbocycles. The van der Waals surface area contributed by atoms with E-state index >= 15 is 0 Å². The van der Waals surface area contributed by atoms with Gasteiger partial charge in [-0.15, -0.1) is 11.3 Å². The van der Waals surface area contributed by atoms with Gasteiger partial charge in [-0.25, -0.2) is 4.98 Å². The second-order valence-electron chi connectivity index (χ2n) is 7.15. The molecule has 0 aliphatic carbocycles. The Hall–Kier alpha value is -0.980. The Bertz CT molecular complexity index is 509. The number of hydrogen-bond donors (Lipinski definition) is 1. The number of carbonyl (C=O) groups excluding carboxylic acids is 1. The highest BCUT2D eigenvalue weighted by Crippen LogP contribution is 2.19. The average molecular weight is 353 g/mol. The molecule has 1 unspecified atom stereocenters. The second-order valence-corrected chi connectivity index (χ2v) is 8.04. The molecule has 24 heavy (non-hydrogen) atoms. The van der Waals surface area contributed by atoms with E-state index in [0.717, 1.165) is 56.5 Å². The first kappa shape index (κ1) is 19.3. The third-order valence-electron chi connectivity index (χ3n) is 4.53. The Labute approximate surface area is 150 Å². The van der Waals surface area contributed by atoms with Gasteiger partial charge in [0.25, 0.3) is 0 Å². The number of nitrogens with one attached hydrogen (secondary N) is 1. The fourth-order valence-electron chi connectivity index (χ4n) is 2.98. The number of rotatable bonds is 8. The topological polar surface area (TPSA) is 48.5 Å². The van der Waals surface area contributed by atoms with Gasteiger partial charge < -0.3 is 15.1 Å². The second kappa shape index (κ2) is 9.49. The van der Waals surface area contributed by atoms with Crippen LogP contribution in [-0.4, -0.2) is 66.5 Å². The molecule has 2 rings (SSSR count). The van der Waals surface area contributed by atoms with Crippen molar-refractivity contribution in [1.82, 2.24) is 20.1 Å². The van der Waals surface area contributed by atoms with E-state index in [1.165, 1.54) is 0 Å². The number of hydrogen-bond acceptors (Lipinski definition) is 5. The largest absolute Gasteiger partial charge is 0.355 e. The van der Waals surface area contributed by atoms with Crippen molar-refractivity contribution in [3.05, 3.63) is 16.1 Å². The Kier molecular flexibility index (Phi) is 7.65. The summed E-state index contributed by atoms with van der Waals surface area (Å²) in [6.07, 6.45) is 0.394. The van der Waals surface area contributed by atoms with E-state index in [0.29, 0.717) is 18.3 Å². The molecule has 2 heterocycles. The molecule has 6 heteroatoms. The number of carbonyl (C=O) groups is 1. The molecule has 1 N–H and O–H groups in total. The van der Waals surface area contributed by atoms with Gasteiger partial charge in [0, 0.05) is 50.6 Å². The number of amides is 1. The van der Waals surface area contributed by atoms with Gasteiger partial charge in [-0.3, -0.25) is 4.79 Å². The van der Waals surface area contributed by atoms with Crippen LogP contribution in [-0.2, 0) is 11.2 Å². The van der Waals surface area contributed by atoms with Crippen molar-refractivity contribution in [2.45, 2.75) is 40.0 Å². The zero-order chi connectivity index (χ0) is 17.5. The van der Waals surface area contributed by atoms with E-state index in [9.17, 15) is 4.79 Å². The molecule has 1 saturated heterocycles. The maximum absolute atomic E-state index is 12.1. The van der Waals surface area contributed by atoms with Crippen LogP contribution in [0, 0.1) is 5.92 Å². The van der Waals surface area contributed by atoms with Crippen molar-refractivity contribution in [2.75, 3.05) is 45.8 Å². The van der Waals surface area contributed by atoms with Crippen LogP contribution in [0.1, 0.15) is 44.3 Å². The van der Waals surface area contributed by atoms with Crippen LogP contribution in [0.25, 0.3) is 0 Å². The molecule has 1 aromatic rings. The Morgan fingerprint density at radius 1 is 1.25 bits per heavy atom. The van der Waals surface area contributed by atoms with Crippen molar-refractivity contribution in [2.24, 2.45) is 5.92 Å². The van der Waals surface area contributed by atoms with Gasteiger partial charge in [0.15, 0.2) is 0 Å². The number of piperazine rings is 1. The van der Waals surface area contributed by atoms with Gasteiger partial charge in [0.1, 0.15) is 0 Å². The molecular formula is C18H32N4OS. The minimum Gasteiger partial charge on any atom is -0.355 e. The Morgan fingerprint density at radius 2 is 1.92 bits per heavy atom. The first-order valence-corrected chi connectivity index (χ1v) is 10.0. The molecular weight excluding hydrogens is 320 g/mol. The quantitative estimate of drug-likeness (QED) is 0.779. The first-order chi connectivity index (χ1) is 11.5. The van der Waals surface area contributed by atoms with E-state index in [-0.39, 0.29) is 5.91 Å². The van der Waals surface area contributed by atoms with Gasteiger partial charge in [-0.1, -0.05) is 27.7 Å². The summed E-state index contributed by atoms with van der Waals surface area (Å²) in [6, 6.07) is 0. The van der Waals surface area contributed by atoms with Crippen LogP contribution in [0.4, 0.5) is 0 Å². The molecule has 5 nitrogen and oxygen atoms in total. The molecule has 1 fully saturated rings. The van der Waals surface area contributed by atoms with Gasteiger partial charge in [-0.2, -0.15) is 0 Å². The molecule has 1 aliphatic rings. The molecule has 0 radical (unpaired) electrons. The lowest BCUT2D eigenvalue weighted by Gasteiger charge is -2.35. The Balaban J connectivity index is 1.65. The molecule has 1 aromatic heterocycles. The van der Waals surface area contributed by atoms with Crippen LogP contribution in [0.3, 0.4) is 0 Å². The van der Waals surface area contributed by atoms with Gasteiger partial charge >= 0.3 is 0 Å². The molecule has 1 atom stereocenters. The summed E-state index contributed by atoms with van der Waals surface area (Å²) in [4.78, 5) is 21.6. The maximum Gasteiger partial charge on any atom is 0.226 e. The van der Waals surface area contributed by atoms with Gasteiger partial charge in [-0.05, 0) is 12.5 Å². The summed E-state index contributed by atoms with van der Waals surface area (Å²) >= 11 is 1.65. The standard InChI is InChI=1S/C18H32N4OS/c1-5-21-6-8-22(9-7-21)12-15(4)11-19-17(23)10-16-13-24-18(20-16)14(2)3/h13-15H,5-12H2,1-4H3,(H,19,23). The third-order valence-corrected chi connectivity index (χ3v) is 5.73. The predicted molar refractivity (Wildman–Crippen MR) is 101 cm³/mol. The lowest BCUT2D eigenvalue weighted by atomic mass is 10.1. The van der Waals surface area contributed by atoms with E-state index in [2.05, 4.69) is 47.8 Å². The van der Waals surface area contributed by atoms with Crippen molar-refractivity contribution >= 4 is 17.2 Å². The monoisotopic (exact) mass is 352 g/mol. The third kappa shape index (κ3) is 6.15. The molecule has 1 aliphatic heterocycles. The first-order valence-electron chi connectivity index (χ1n) is 9.13. The fourth-order valence-corrected chi connectivity index (χ4v) is 3.81. The molecule has 0 aromatic carbocycles. The van der Waals surface area contributed by atoms with Crippen LogP contribution < -0.4 is 5.32 Å². The van der Waals surface area contributed by atoms with E-state index < -0.39 is 0 Å². The average Bonchev–Trinajstić information content (AvgIpc) is 3.02. The van der Waals surface area contributed by atoms with Crippen LogP contribution in [0.5, 0.6) is 0 Å². The minimum atomic E-state index is 0.0817. The van der Waals surface area contributed by atoms with E-state index in [1.807, 2.05) is 5.38 Å². The lowest BCUT2D eigenvalue weighted by Crippen LogP contribution is -2.48. The Morgan fingerprint density at radius 3 is 2.50 bits per heavy atom. The predicted octanol–water partition coefficient (Wildman–Crippen LogP) is 2.20. The number of likely N-dealkylation sites (N-methyl/N-ethyl adjacent to an activating group) is 1. The summed E-state index contributed by atoms with van der Waals surface area (Å²) in [7, 11) is 0. The maximum atomic E-state index is 12.1. The number of thiazole rings is 1. The smallest absolute Gasteiger partial charge is 0.226 e.